The minimum Gasteiger partial charge on any atom is -0.495 e. The normalized spacial score (nSPS) is 10.3. The lowest BCUT2D eigenvalue weighted by Crippen LogP contribution is -2.02. The Morgan fingerprint density at radius 3 is 2.89 bits per heavy atom. The number of aromatic nitrogens is 2. The number of hydrogen-bond donors (Lipinski definition) is 1. The number of rotatable bonds is 4. The number of nitrogens with zero attached hydrogens (tertiary/aromatic N) is 2. The molecule has 0 aliphatic heterocycles. The van der Waals surface area contributed by atoms with Crippen LogP contribution in [0.25, 0.3) is 5.69 Å². The molecular weight excluding hydrogens is 256 g/mol. The first kappa shape index (κ1) is 12.4. The molecule has 1 N–H and O–H groups in total. The van der Waals surface area contributed by atoms with Crippen molar-refractivity contribution in [2.75, 3.05) is 7.11 Å². The van der Waals surface area contributed by atoms with Crippen LogP contribution in [0.4, 0.5) is 0 Å². The van der Waals surface area contributed by atoms with E-state index in [0.29, 0.717) is 16.5 Å². The zero-order valence-corrected chi connectivity index (χ0v) is 10.4. The molecule has 0 saturated heterocycles. The average Bonchev–Trinajstić information content (AvgIpc) is 2.76. The summed E-state index contributed by atoms with van der Waals surface area (Å²) >= 11 is 6.01. The van der Waals surface area contributed by atoms with Gasteiger partial charge in [-0.3, -0.25) is 4.79 Å². The summed E-state index contributed by atoms with van der Waals surface area (Å²) in [4.78, 5) is 10.6. The summed E-state index contributed by atoms with van der Waals surface area (Å²) in [5.74, 6) is -0.327. The van der Waals surface area contributed by atoms with E-state index in [4.69, 9.17) is 21.4 Å². The van der Waals surface area contributed by atoms with Crippen molar-refractivity contribution in [2.45, 2.75) is 6.42 Å². The second kappa shape index (κ2) is 5.10. The van der Waals surface area contributed by atoms with E-state index in [0.717, 1.165) is 5.69 Å². The lowest BCUT2D eigenvalue weighted by atomic mass is 10.3. The van der Waals surface area contributed by atoms with Gasteiger partial charge in [-0.2, -0.15) is 5.10 Å². The molecule has 6 heteroatoms. The van der Waals surface area contributed by atoms with Crippen LogP contribution >= 0.6 is 11.6 Å². The maximum atomic E-state index is 10.6. The van der Waals surface area contributed by atoms with Crippen molar-refractivity contribution in [1.82, 2.24) is 9.78 Å². The third-order valence-electron chi connectivity index (χ3n) is 2.38. The van der Waals surface area contributed by atoms with Crippen LogP contribution in [0, 0.1) is 0 Å². The molecule has 1 heterocycles. The van der Waals surface area contributed by atoms with Gasteiger partial charge in [-0.15, -0.1) is 0 Å². The number of carbonyl (C=O) groups is 1. The van der Waals surface area contributed by atoms with Crippen LogP contribution in [0.3, 0.4) is 0 Å². The van der Waals surface area contributed by atoms with Crippen molar-refractivity contribution >= 4 is 17.6 Å². The SMILES string of the molecule is COc1ccc(-n2ccc(CC(=O)O)n2)cc1Cl. The van der Waals surface area contributed by atoms with E-state index in [1.54, 1.807) is 42.3 Å². The number of methoxy groups -OCH3 is 1. The fourth-order valence-corrected chi connectivity index (χ4v) is 1.80. The van der Waals surface area contributed by atoms with Gasteiger partial charge in [-0.1, -0.05) is 11.6 Å². The molecule has 0 saturated carbocycles. The first-order valence-corrected chi connectivity index (χ1v) is 5.58. The van der Waals surface area contributed by atoms with Gasteiger partial charge in [0, 0.05) is 6.20 Å². The molecule has 0 aliphatic carbocycles. The van der Waals surface area contributed by atoms with E-state index in [2.05, 4.69) is 5.10 Å². The molecule has 2 rings (SSSR count). The average molecular weight is 267 g/mol. The molecule has 0 unspecified atom stereocenters. The molecule has 2 aromatic rings. The molecule has 0 spiro atoms. The van der Waals surface area contributed by atoms with Crippen LogP contribution in [0.15, 0.2) is 30.5 Å². The number of aliphatic carboxylic acids is 1. The predicted molar refractivity (Wildman–Crippen MR) is 66.5 cm³/mol. The number of carboxylic acid groups (broad SMARTS) is 1. The largest absolute Gasteiger partial charge is 0.495 e. The second-order valence-corrected chi connectivity index (χ2v) is 4.05. The number of halogens is 1. The van der Waals surface area contributed by atoms with E-state index in [1.165, 1.54) is 0 Å². The van der Waals surface area contributed by atoms with Gasteiger partial charge in [0.25, 0.3) is 0 Å². The molecule has 1 aromatic carbocycles. The third kappa shape index (κ3) is 2.62. The molecule has 94 valence electrons. The first-order chi connectivity index (χ1) is 8.60. The van der Waals surface area contributed by atoms with Crippen molar-refractivity contribution in [3.05, 3.63) is 41.2 Å². The van der Waals surface area contributed by atoms with Gasteiger partial charge in [-0.25, -0.2) is 4.68 Å². The summed E-state index contributed by atoms with van der Waals surface area (Å²) < 4.78 is 6.63. The van der Waals surface area contributed by atoms with Crippen LogP contribution in [-0.2, 0) is 11.2 Å². The topological polar surface area (TPSA) is 64.3 Å². The van der Waals surface area contributed by atoms with Crippen LogP contribution in [0.1, 0.15) is 5.69 Å². The minimum atomic E-state index is -0.909. The summed E-state index contributed by atoms with van der Waals surface area (Å²) in [6.45, 7) is 0. The second-order valence-electron chi connectivity index (χ2n) is 3.64. The Morgan fingerprint density at radius 2 is 2.28 bits per heavy atom. The fraction of sp³-hybridized carbons (Fsp3) is 0.167. The van der Waals surface area contributed by atoms with Crippen molar-refractivity contribution < 1.29 is 14.6 Å². The van der Waals surface area contributed by atoms with Gasteiger partial charge in [0.15, 0.2) is 0 Å². The summed E-state index contributed by atoms with van der Waals surface area (Å²) in [6, 6.07) is 6.89. The monoisotopic (exact) mass is 266 g/mol. The number of hydrogen-bond acceptors (Lipinski definition) is 3. The van der Waals surface area contributed by atoms with Gasteiger partial charge >= 0.3 is 5.97 Å². The number of carboxylic acids is 1. The Labute approximate surface area is 109 Å². The van der Waals surface area contributed by atoms with Crippen molar-refractivity contribution in [3.63, 3.8) is 0 Å². The highest BCUT2D eigenvalue weighted by molar-refractivity contribution is 6.32. The molecule has 0 aliphatic rings. The third-order valence-corrected chi connectivity index (χ3v) is 2.67. The van der Waals surface area contributed by atoms with E-state index in [1.807, 2.05) is 0 Å². The van der Waals surface area contributed by atoms with E-state index in [-0.39, 0.29) is 6.42 Å². The number of ether oxygens (including phenoxy) is 1. The predicted octanol–water partition coefficient (Wildman–Crippen LogP) is 2.16. The number of benzene rings is 1. The standard InChI is InChI=1S/C12H11ClN2O3/c1-18-11-3-2-9(7-10(11)13)15-5-4-8(14-15)6-12(16)17/h2-5,7H,6H2,1H3,(H,16,17). The first-order valence-electron chi connectivity index (χ1n) is 5.20. The lowest BCUT2D eigenvalue weighted by Gasteiger charge is -2.05. The van der Waals surface area contributed by atoms with Crippen LogP contribution < -0.4 is 4.74 Å². The van der Waals surface area contributed by atoms with Crippen LogP contribution in [-0.4, -0.2) is 28.0 Å². The van der Waals surface area contributed by atoms with Gasteiger partial charge in [-0.05, 0) is 24.3 Å². The van der Waals surface area contributed by atoms with E-state index >= 15 is 0 Å². The minimum absolute atomic E-state index is 0.100. The van der Waals surface area contributed by atoms with Gasteiger partial charge in [0.05, 0.1) is 29.9 Å². The quantitative estimate of drug-likeness (QED) is 0.921. The Hall–Kier alpha value is -2.01. The van der Waals surface area contributed by atoms with Gasteiger partial charge in [0.1, 0.15) is 5.75 Å². The Balaban J connectivity index is 2.28. The summed E-state index contributed by atoms with van der Waals surface area (Å²) in [5, 5.41) is 13.3. The highest BCUT2D eigenvalue weighted by Gasteiger charge is 2.07. The van der Waals surface area contributed by atoms with E-state index in [9.17, 15) is 4.79 Å². The van der Waals surface area contributed by atoms with Gasteiger partial charge in [0.2, 0.25) is 0 Å². The maximum Gasteiger partial charge on any atom is 0.309 e. The Bertz CT molecular complexity index is 580. The van der Waals surface area contributed by atoms with E-state index < -0.39 is 5.97 Å². The summed E-state index contributed by atoms with van der Waals surface area (Å²) in [6.07, 6.45) is 1.59. The zero-order valence-electron chi connectivity index (χ0n) is 9.63. The van der Waals surface area contributed by atoms with Crippen LogP contribution in [0.5, 0.6) is 5.75 Å². The van der Waals surface area contributed by atoms with Crippen molar-refractivity contribution in [1.29, 1.82) is 0 Å². The molecule has 5 nitrogen and oxygen atoms in total. The highest BCUT2D eigenvalue weighted by atomic mass is 35.5. The lowest BCUT2D eigenvalue weighted by molar-refractivity contribution is -0.136. The molecular formula is C12H11ClN2O3. The molecule has 1 aromatic heterocycles. The van der Waals surface area contributed by atoms with Crippen molar-refractivity contribution in [2.24, 2.45) is 0 Å². The van der Waals surface area contributed by atoms with Crippen LogP contribution in [0.2, 0.25) is 5.02 Å². The molecule has 0 atom stereocenters. The summed E-state index contributed by atoms with van der Waals surface area (Å²) in [7, 11) is 1.54. The highest BCUT2D eigenvalue weighted by Crippen LogP contribution is 2.26. The fourth-order valence-electron chi connectivity index (χ4n) is 1.55. The maximum absolute atomic E-state index is 10.6. The molecule has 0 bridgehead atoms. The smallest absolute Gasteiger partial charge is 0.309 e. The van der Waals surface area contributed by atoms with Crippen molar-refractivity contribution in [3.8, 4) is 11.4 Å². The summed E-state index contributed by atoms with van der Waals surface area (Å²) in [5.41, 5.74) is 1.24. The molecule has 0 radical (unpaired) electrons. The molecule has 0 amide bonds. The molecule has 0 fully saturated rings. The zero-order chi connectivity index (χ0) is 13.1. The Morgan fingerprint density at radius 1 is 1.50 bits per heavy atom. The van der Waals surface area contributed by atoms with Gasteiger partial charge < -0.3 is 9.84 Å². The molecule has 18 heavy (non-hydrogen) atoms. The Kier molecular flexibility index (Phi) is 3.53.